The maximum atomic E-state index is 5.73. The van der Waals surface area contributed by atoms with Crippen LogP contribution in [0.3, 0.4) is 0 Å². The summed E-state index contributed by atoms with van der Waals surface area (Å²) in [6, 6.07) is 11.1. The number of aromatic nitrogens is 2. The molecule has 0 saturated carbocycles. The highest BCUT2D eigenvalue weighted by Crippen LogP contribution is 2.20. The van der Waals surface area contributed by atoms with Crippen LogP contribution >= 0.6 is 22.6 Å². The van der Waals surface area contributed by atoms with E-state index in [1.54, 1.807) is 0 Å². The van der Waals surface area contributed by atoms with Crippen molar-refractivity contribution < 1.29 is 0 Å². The van der Waals surface area contributed by atoms with E-state index in [1.165, 1.54) is 9.13 Å². The van der Waals surface area contributed by atoms with Crippen LogP contribution in [0.2, 0.25) is 0 Å². The monoisotopic (exact) mass is 398 g/mol. The minimum atomic E-state index is 0.0877. The van der Waals surface area contributed by atoms with Crippen LogP contribution in [-0.2, 0) is 6.42 Å². The first-order chi connectivity index (χ1) is 10.2. The van der Waals surface area contributed by atoms with Crippen LogP contribution in [0, 0.1) is 3.57 Å². The molecule has 1 atom stereocenters. The number of rotatable bonds is 7. The first kappa shape index (κ1) is 16.5. The Bertz CT molecular complexity index is 563. The van der Waals surface area contributed by atoms with E-state index in [1.807, 2.05) is 0 Å². The van der Waals surface area contributed by atoms with E-state index in [0.29, 0.717) is 6.04 Å². The van der Waals surface area contributed by atoms with Crippen molar-refractivity contribution in [1.29, 1.82) is 0 Å². The highest BCUT2D eigenvalue weighted by atomic mass is 127. The molecule has 0 aliphatic heterocycles. The Morgan fingerprint density at radius 1 is 1.29 bits per heavy atom. The van der Waals surface area contributed by atoms with Gasteiger partial charge in [-0.25, -0.2) is 0 Å². The molecular weight excluding hydrogens is 375 g/mol. The van der Waals surface area contributed by atoms with Crippen LogP contribution in [0.25, 0.3) is 0 Å². The summed E-state index contributed by atoms with van der Waals surface area (Å²) in [6.45, 7) is 4.40. The minimum Gasteiger partial charge on any atom is -0.271 e. The van der Waals surface area contributed by atoms with Crippen molar-refractivity contribution in [3.8, 4) is 0 Å². The largest absolute Gasteiger partial charge is 0.271 e. The van der Waals surface area contributed by atoms with Gasteiger partial charge in [0.2, 0.25) is 0 Å². The summed E-state index contributed by atoms with van der Waals surface area (Å²) in [7, 11) is 0. The molecule has 0 spiro atoms. The molecule has 0 radical (unpaired) electrons. The molecule has 0 bridgehead atoms. The second kappa shape index (κ2) is 7.91. The maximum Gasteiger partial charge on any atom is 0.0644 e. The molecule has 5 heteroatoms. The number of nitrogens with one attached hydrogen (secondary N) is 1. The molecule has 0 aliphatic rings. The molecule has 0 amide bonds. The summed E-state index contributed by atoms with van der Waals surface area (Å²) in [4.78, 5) is 0. The normalized spacial score (nSPS) is 12.8. The molecule has 0 fully saturated rings. The van der Waals surface area contributed by atoms with Gasteiger partial charge >= 0.3 is 0 Å². The Morgan fingerprint density at radius 3 is 2.67 bits per heavy atom. The lowest BCUT2D eigenvalue weighted by molar-refractivity contribution is 0.422. The predicted molar refractivity (Wildman–Crippen MR) is 94.8 cm³/mol. The standard InChI is InChI=1S/C16H23IN4/c1-3-15(4-2)21-9-8-14(20-21)11-16(19-18)12-6-5-7-13(17)10-12/h5-10,15-16,19H,3-4,11,18H2,1-2H3. The summed E-state index contributed by atoms with van der Waals surface area (Å²) < 4.78 is 3.30. The van der Waals surface area contributed by atoms with Crippen LogP contribution in [0.5, 0.6) is 0 Å². The molecule has 2 aromatic rings. The van der Waals surface area contributed by atoms with Crippen LogP contribution in [-0.4, -0.2) is 9.78 Å². The Labute approximate surface area is 140 Å². The summed E-state index contributed by atoms with van der Waals surface area (Å²) in [5.41, 5.74) is 5.18. The van der Waals surface area contributed by atoms with E-state index in [9.17, 15) is 0 Å². The first-order valence-electron chi connectivity index (χ1n) is 7.43. The van der Waals surface area contributed by atoms with Crippen molar-refractivity contribution in [2.45, 2.75) is 45.2 Å². The smallest absolute Gasteiger partial charge is 0.0644 e. The third-order valence-corrected chi connectivity index (χ3v) is 4.52. The van der Waals surface area contributed by atoms with E-state index in [2.05, 4.69) is 83.1 Å². The third-order valence-electron chi connectivity index (χ3n) is 3.85. The van der Waals surface area contributed by atoms with Crippen molar-refractivity contribution in [2.75, 3.05) is 0 Å². The SMILES string of the molecule is CCC(CC)n1ccc(CC(NN)c2cccc(I)c2)n1. The number of hydrazine groups is 1. The maximum absolute atomic E-state index is 5.73. The van der Waals surface area contributed by atoms with Gasteiger partial charge in [-0.2, -0.15) is 5.10 Å². The molecule has 0 saturated heterocycles. The first-order valence-corrected chi connectivity index (χ1v) is 8.51. The van der Waals surface area contributed by atoms with Crippen molar-refractivity contribution in [1.82, 2.24) is 15.2 Å². The quantitative estimate of drug-likeness (QED) is 0.426. The molecule has 1 heterocycles. The fraction of sp³-hybridized carbons (Fsp3) is 0.438. The lowest BCUT2D eigenvalue weighted by Gasteiger charge is -2.16. The van der Waals surface area contributed by atoms with Crippen molar-refractivity contribution >= 4 is 22.6 Å². The Hall–Kier alpha value is -0.920. The second-order valence-corrected chi connectivity index (χ2v) is 6.48. The lowest BCUT2D eigenvalue weighted by atomic mass is 10.0. The molecule has 1 aromatic carbocycles. The molecule has 4 nitrogen and oxygen atoms in total. The lowest BCUT2D eigenvalue weighted by Crippen LogP contribution is -2.29. The van der Waals surface area contributed by atoms with Gasteiger partial charge in [0.1, 0.15) is 0 Å². The molecule has 0 aliphatic carbocycles. The number of hydrogen-bond acceptors (Lipinski definition) is 3. The van der Waals surface area contributed by atoms with E-state index < -0.39 is 0 Å². The molecule has 21 heavy (non-hydrogen) atoms. The van der Waals surface area contributed by atoms with Gasteiger partial charge in [-0.1, -0.05) is 26.0 Å². The summed E-state index contributed by atoms with van der Waals surface area (Å²) in [5.74, 6) is 5.73. The number of benzene rings is 1. The van der Waals surface area contributed by atoms with Crippen LogP contribution in [0.15, 0.2) is 36.5 Å². The zero-order chi connectivity index (χ0) is 15.2. The number of hydrogen-bond donors (Lipinski definition) is 2. The molecule has 2 rings (SSSR count). The topological polar surface area (TPSA) is 55.9 Å². The van der Waals surface area contributed by atoms with Gasteiger partial charge in [0.25, 0.3) is 0 Å². The van der Waals surface area contributed by atoms with Crippen LogP contribution in [0.4, 0.5) is 0 Å². The van der Waals surface area contributed by atoms with Crippen LogP contribution < -0.4 is 11.3 Å². The minimum absolute atomic E-state index is 0.0877. The van der Waals surface area contributed by atoms with Gasteiger partial charge in [-0.05, 0) is 59.2 Å². The van der Waals surface area contributed by atoms with Gasteiger partial charge in [0.15, 0.2) is 0 Å². The Morgan fingerprint density at radius 2 is 2.05 bits per heavy atom. The van der Waals surface area contributed by atoms with Crippen molar-refractivity contribution in [3.63, 3.8) is 0 Å². The van der Waals surface area contributed by atoms with Gasteiger partial charge in [0, 0.05) is 16.2 Å². The molecule has 1 unspecified atom stereocenters. The summed E-state index contributed by atoms with van der Waals surface area (Å²) >= 11 is 2.32. The van der Waals surface area contributed by atoms with E-state index in [0.717, 1.165) is 25.0 Å². The van der Waals surface area contributed by atoms with Gasteiger partial charge in [-0.3, -0.25) is 16.0 Å². The number of nitrogens with two attached hydrogens (primary N) is 1. The predicted octanol–water partition coefficient (Wildman–Crippen LogP) is 3.60. The zero-order valence-corrected chi connectivity index (χ0v) is 14.7. The average molecular weight is 398 g/mol. The van der Waals surface area contributed by atoms with Gasteiger partial charge < -0.3 is 0 Å². The number of halogens is 1. The Balaban J connectivity index is 2.12. The molecule has 3 N–H and O–H groups in total. The van der Waals surface area contributed by atoms with Crippen molar-refractivity contribution in [3.05, 3.63) is 51.4 Å². The van der Waals surface area contributed by atoms with Gasteiger partial charge in [-0.15, -0.1) is 0 Å². The highest BCUT2D eigenvalue weighted by Gasteiger charge is 2.14. The molecular formula is C16H23IN4. The van der Waals surface area contributed by atoms with Crippen LogP contribution in [0.1, 0.15) is 50.0 Å². The van der Waals surface area contributed by atoms with Gasteiger partial charge in [0.05, 0.1) is 17.8 Å². The number of nitrogens with zero attached hydrogens (tertiary/aromatic N) is 2. The summed E-state index contributed by atoms with van der Waals surface area (Å²) in [5, 5.41) is 4.71. The summed E-state index contributed by atoms with van der Waals surface area (Å²) in [6.07, 6.45) is 5.08. The zero-order valence-electron chi connectivity index (χ0n) is 12.6. The second-order valence-electron chi connectivity index (χ2n) is 5.24. The van der Waals surface area contributed by atoms with E-state index in [-0.39, 0.29) is 6.04 Å². The average Bonchev–Trinajstić information content (AvgIpc) is 2.94. The molecule has 1 aromatic heterocycles. The van der Waals surface area contributed by atoms with Crippen molar-refractivity contribution in [2.24, 2.45) is 5.84 Å². The fourth-order valence-electron chi connectivity index (χ4n) is 2.56. The molecule has 114 valence electrons. The Kier molecular flexibility index (Phi) is 6.20. The van der Waals surface area contributed by atoms with E-state index >= 15 is 0 Å². The van der Waals surface area contributed by atoms with E-state index in [4.69, 9.17) is 10.9 Å². The third kappa shape index (κ3) is 4.28. The fourth-order valence-corrected chi connectivity index (χ4v) is 3.13. The highest BCUT2D eigenvalue weighted by molar-refractivity contribution is 14.1.